The first-order valence-electron chi connectivity index (χ1n) is 7.55. The summed E-state index contributed by atoms with van der Waals surface area (Å²) in [6.07, 6.45) is 4.50. The highest BCUT2D eigenvalue weighted by molar-refractivity contribution is 5.87. The van der Waals surface area contributed by atoms with E-state index in [1.165, 1.54) is 12.8 Å². The highest BCUT2D eigenvalue weighted by Gasteiger charge is 2.37. The lowest BCUT2D eigenvalue weighted by molar-refractivity contribution is -0.139. The van der Waals surface area contributed by atoms with Crippen molar-refractivity contribution in [1.29, 1.82) is 0 Å². The predicted octanol–water partition coefficient (Wildman–Crippen LogP) is 2.73. The Hall–Kier alpha value is -1.35. The molecular formula is C17H25NO2. The number of hydrogen-bond acceptors (Lipinski definition) is 2. The molecule has 0 atom stereocenters. The number of benzene rings is 1. The van der Waals surface area contributed by atoms with Crippen molar-refractivity contribution in [2.45, 2.75) is 51.0 Å². The van der Waals surface area contributed by atoms with Crippen molar-refractivity contribution < 1.29 is 9.90 Å². The molecule has 0 aliphatic heterocycles. The van der Waals surface area contributed by atoms with E-state index in [1.807, 2.05) is 49.1 Å². The molecule has 0 saturated heterocycles. The van der Waals surface area contributed by atoms with Crippen LogP contribution in [0, 0.1) is 0 Å². The first-order chi connectivity index (χ1) is 9.57. The van der Waals surface area contributed by atoms with Gasteiger partial charge in [0.05, 0.1) is 12.0 Å². The SMILES string of the molecule is CC(C)(C(=O)N(CCO)C1CCCC1)c1ccccc1. The molecule has 0 unspecified atom stereocenters. The minimum Gasteiger partial charge on any atom is -0.395 e. The van der Waals surface area contributed by atoms with Crippen LogP contribution in [-0.2, 0) is 10.2 Å². The van der Waals surface area contributed by atoms with Crippen molar-refractivity contribution in [2.24, 2.45) is 0 Å². The number of aliphatic hydroxyl groups is 1. The lowest BCUT2D eigenvalue weighted by Gasteiger charge is -2.36. The number of amides is 1. The second kappa shape index (κ2) is 6.40. The lowest BCUT2D eigenvalue weighted by atomic mass is 9.82. The zero-order chi connectivity index (χ0) is 14.6. The Morgan fingerprint density at radius 2 is 1.85 bits per heavy atom. The predicted molar refractivity (Wildman–Crippen MR) is 80.5 cm³/mol. The molecule has 2 rings (SSSR count). The van der Waals surface area contributed by atoms with Gasteiger partial charge in [-0.15, -0.1) is 0 Å². The Kier molecular flexibility index (Phi) is 4.81. The zero-order valence-electron chi connectivity index (χ0n) is 12.5. The molecular weight excluding hydrogens is 250 g/mol. The fraction of sp³-hybridized carbons (Fsp3) is 0.588. The lowest BCUT2D eigenvalue weighted by Crippen LogP contribution is -2.49. The molecule has 3 heteroatoms. The first kappa shape index (κ1) is 15.0. The van der Waals surface area contributed by atoms with Crippen molar-refractivity contribution >= 4 is 5.91 Å². The Morgan fingerprint density at radius 3 is 2.40 bits per heavy atom. The standard InChI is InChI=1S/C17H25NO2/c1-17(2,14-8-4-3-5-9-14)16(20)18(12-13-19)15-10-6-7-11-15/h3-5,8-9,15,19H,6-7,10-13H2,1-2H3. The molecule has 0 spiro atoms. The Balaban J connectivity index is 2.21. The fourth-order valence-electron chi connectivity index (χ4n) is 3.11. The van der Waals surface area contributed by atoms with Crippen LogP contribution in [0.5, 0.6) is 0 Å². The zero-order valence-corrected chi connectivity index (χ0v) is 12.5. The maximum absolute atomic E-state index is 13.0. The summed E-state index contributed by atoms with van der Waals surface area (Å²) in [7, 11) is 0. The van der Waals surface area contributed by atoms with Crippen LogP contribution in [0.4, 0.5) is 0 Å². The van der Waals surface area contributed by atoms with Crippen molar-refractivity contribution in [3.05, 3.63) is 35.9 Å². The average molecular weight is 275 g/mol. The molecule has 1 aliphatic carbocycles. The van der Waals surface area contributed by atoms with Crippen LogP contribution in [0.15, 0.2) is 30.3 Å². The summed E-state index contributed by atoms with van der Waals surface area (Å²) in [6.45, 7) is 4.43. The first-order valence-corrected chi connectivity index (χ1v) is 7.55. The van der Waals surface area contributed by atoms with Gasteiger partial charge in [0.2, 0.25) is 5.91 Å². The van der Waals surface area contributed by atoms with E-state index in [0.29, 0.717) is 12.6 Å². The number of rotatable bonds is 5. The summed E-state index contributed by atoms with van der Waals surface area (Å²) in [5.74, 6) is 0.129. The molecule has 3 nitrogen and oxygen atoms in total. The van der Waals surface area contributed by atoms with Crippen LogP contribution in [0.1, 0.15) is 45.1 Å². The maximum Gasteiger partial charge on any atom is 0.232 e. The molecule has 1 aliphatic rings. The van der Waals surface area contributed by atoms with Crippen LogP contribution in [0.2, 0.25) is 0 Å². The van der Waals surface area contributed by atoms with Crippen LogP contribution in [-0.4, -0.2) is 35.1 Å². The number of aliphatic hydroxyl groups excluding tert-OH is 1. The van der Waals surface area contributed by atoms with E-state index in [2.05, 4.69) is 0 Å². The third kappa shape index (κ3) is 3.04. The molecule has 1 fully saturated rings. The van der Waals surface area contributed by atoms with Gasteiger partial charge in [-0.05, 0) is 32.3 Å². The van der Waals surface area contributed by atoms with Crippen molar-refractivity contribution in [3.8, 4) is 0 Å². The van der Waals surface area contributed by atoms with Gasteiger partial charge in [-0.25, -0.2) is 0 Å². The van der Waals surface area contributed by atoms with E-state index in [9.17, 15) is 9.90 Å². The smallest absolute Gasteiger partial charge is 0.232 e. The molecule has 1 N–H and O–H groups in total. The fourth-order valence-corrected chi connectivity index (χ4v) is 3.11. The monoisotopic (exact) mass is 275 g/mol. The van der Waals surface area contributed by atoms with Crippen LogP contribution >= 0.6 is 0 Å². The van der Waals surface area contributed by atoms with Crippen molar-refractivity contribution in [2.75, 3.05) is 13.2 Å². The quantitative estimate of drug-likeness (QED) is 0.897. The van der Waals surface area contributed by atoms with Crippen molar-refractivity contribution in [3.63, 3.8) is 0 Å². The van der Waals surface area contributed by atoms with Crippen molar-refractivity contribution in [1.82, 2.24) is 4.90 Å². The van der Waals surface area contributed by atoms with E-state index in [0.717, 1.165) is 18.4 Å². The second-order valence-corrected chi connectivity index (χ2v) is 6.15. The molecule has 0 heterocycles. The van der Waals surface area contributed by atoms with Gasteiger partial charge in [-0.2, -0.15) is 0 Å². The van der Waals surface area contributed by atoms with Gasteiger partial charge >= 0.3 is 0 Å². The Bertz CT molecular complexity index is 436. The summed E-state index contributed by atoms with van der Waals surface area (Å²) in [6, 6.07) is 10.2. The molecule has 0 bridgehead atoms. The minimum atomic E-state index is -0.543. The molecule has 0 radical (unpaired) electrons. The van der Waals surface area contributed by atoms with Gasteiger partial charge in [0, 0.05) is 12.6 Å². The van der Waals surface area contributed by atoms with E-state index in [4.69, 9.17) is 0 Å². The summed E-state index contributed by atoms with van der Waals surface area (Å²) in [5.41, 5.74) is 0.491. The highest BCUT2D eigenvalue weighted by Crippen LogP contribution is 2.30. The third-order valence-corrected chi connectivity index (χ3v) is 4.40. The number of hydrogen-bond donors (Lipinski definition) is 1. The highest BCUT2D eigenvalue weighted by atomic mass is 16.3. The van der Waals surface area contributed by atoms with E-state index in [1.54, 1.807) is 0 Å². The summed E-state index contributed by atoms with van der Waals surface area (Å²) >= 11 is 0. The van der Waals surface area contributed by atoms with E-state index < -0.39 is 5.41 Å². The van der Waals surface area contributed by atoms with E-state index in [-0.39, 0.29) is 12.5 Å². The normalized spacial score (nSPS) is 16.4. The van der Waals surface area contributed by atoms with Crippen LogP contribution < -0.4 is 0 Å². The van der Waals surface area contributed by atoms with E-state index >= 15 is 0 Å². The van der Waals surface area contributed by atoms with Gasteiger partial charge in [0.1, 0.15) is 0 Å². The number of carbonyl (C=O) groups excluding carboxylic acids is 1. The molecule has 1 aromatic rings. The van der Waals surface area contributed by atoms with Gasteiger partial charge < -0.3 is 10.0 Å². The summed E-state index contributed by atoms with van der Waals surface area (Å²) < 4.78 is 0. The van der Waals surface area contributed by atoms with Gasteiger partial charge in [0.15, 0.2) is 0 Å². The Morgan fingerprint density at radius 1 is 1.25 bits per heavy atom. The molecule has 0 aromatic heterocycles. The average Bonchev–Trinajstić information content (AvgIpc) is 2.99. The molecule has 1 saturated carbocycles. The van der Waals surface area contributed by atoms with Gasteiger partial charge in [-0.3, -0.25) is 4.79 Å². The molecule has 20 heavy (non-hydrogen) atoms. The largest absolute Gasteiger partial charge is 0.395 e. The second-order valence-electron chi connectivity index (χ2n) is 6.15. The van der Waals surface area contributed by atoms with Crippen LogP contribution in [0.3, 0.4) is 0 Å². The summed E-state index contributed by atoms with van der Waals surface area (Å²) in [5, 5.41) is 9.29. The minimum absolute atomic E-state index is 0.0348. The maximum atomic E-state index is 13.0. The van der Waals surface area contributed by atoms with Gasteiger partial charge in [0.25, 0.3) is 0 Å². The third-order valence-electron chi connectivity index (χ3n) is 4.40. The molecule has 110 valence electrons. The number of carbonyl (C=O) groups is 1. The van der Waals surface area contributed by atoms with Crippen LogP contribution in [0.25, 0.3) is 0 Å². The summed E-state index contributed by atoms with van der Waals surface area (Å²) in [4.78, 5) is 14.9. The molecule has 1 aromatic carbocycles. The topological polar surface area (TPSA) is 40.5 Å². The number of nitrogens with zero attached hydrogens (tertiary/aromatic N) is 1. The van der Waals surface area contributed by atoms with Gasteiger partial charge in [-0.1, -0.05) is 43.2 Å². The Labute approximate surface area is 121 Å². The molecule has 1 amide bonds.